The van der Waals surface area contributed by atoms with Crippen molar-refractivity contribution in [1.29, 1.82) is 0 Å². The fourth-order valence-corrected chi connectivity index (χ4v) is 4.10. The molecule has 174 valence electrons. The van der Waals surface area contributed by atoms with Crippen LogP contribution in [0.3, 0.4) is 0 Å². The number of carboxylic acids is 2. The largest absolute Gasteiger partial charge is 0.486 e. The third-order valence-electron chi connectivity index (χ3n) is 5.78. The van der Waals surface area contributed by atoms with Crippen molar-refractivity contribution in [3.63, 3.8) is 0 Å². The molecule has 1 aromatic heterocycles. The fourth-order valence-electron chi connectivity index (χ4n) is 4.10. The van der Waals surface area contributed by atoms with Crippen LogP contribution in [0.25, 0.3) is 10.9 Å². The molecule has 0 atom stereocenters. The molecule has 9 nitrogen and oxygen atoms in total. The highest BCUT2D eigenvalue weighted by atomic mass is 16.6. The third-order valence-corrected chi connectivity index (χ3v) is 5.78. The van der Waals surface area contributed by atoms with Crippen LogP contribution in [0.1, 0.15) is 0 Å². The lowest BCUT2D eigenvalue weighted by Gasteiger charge is -2.37. The van der Waals surface area contributed by atoms with Crippen molar-refractivity contribution >= 4 is 28.5 Å². The van der Waals surface area contributed by atoms with Gasteiger partial charge in [0.25, 0.3) is 0 Å². The Morgan fingerprint density at radius 2 is 1.55 bits per heavy atom. The lowest BCUT2D eigenvalue weighted by molar-refractivity contribution is -0.159. The van der Waals surface area contributed by atoms with Gasteiger partial charge in [-0.3, -0.25) is 4.90 Å². The van der Waals surface area contributed by atoms with Crippen molar-refractivity contribution < 1.29 is 29.3 Å². The highest BCUT2D eigenvalue weighted by molar-refractivity contribution is 6.27. The molecular weight excluding hydrogens is 426 g/mol. The zero-order valence-electron chi connectivity index (χ0n) is 18.2. The number of carboxylic acid groups (broad SMARTS) is 2. The van der Waals surface area contributed by atoms with Crippen LogP contribution in [0.4, 0.5) is 5.69 Å². The molecule has 0 spiro atoms. The van der Waals surface area contributed by atoms with Crippen molar-refractivity contribution in [3.05, 3.63) is 54.7 Å². The van der Waals surface area contributed by atoms with Gasteiger partial charge in [-0.1, -0.05) is 24.3 Å². The number of fused-ring (bicyclic) bond motifs is 2. The van der Waals surface area contributed by atoms with Gasteiger partial charge in [0.05, 0.1) is 5.69 Å². The summed E-state index contributed by atoms with van der Waals surface area (Å²) in [7, 11) is 0. The van der Waals surface area contributed by atoms with Gasteiger partial charge in [0, 0.05) is 51.0 Å². The molecule has 5 rings (SSSR count). The van der Waals surface area contributed by atoms with E-state index in [2.05, 4.69) is 63.0 Å². The lowest BCUT2D eigenvalue weighted by atomic mass is 10.2. The summed E-state index contributed by atoms with van der Waals surface area (Å²) in [5, 5.41) is 16.1. The quantitative estimate of drug-likeness (QED) is 0.581. The van der Waals surface area contributed by atoms with E-state index in [9.17, 15) is 0 Å². The summed E-state index contributed by atoms with van der Waals surface area (Å²) in [5.74, 6) is -1.86. The lowest BCUT2D eigenvalue weighted by Crippen LogP contribution is -2.47. The summed E-state index contributed by atoms with van der Waals surface area (Å²) in [6.07, 6.45) is 2.20. The monoisotopic (exact) mass is 453 g/mol. The molecule has 33 heavy (non-hydrogen) atoms. The van der Waals surface area contributed by atoms with Gasteiger partial charge in [-0.15, -0.1) is 0 Å². The molecule has 2 aliphatic heterocycles. The Morgan fingerprint density at radius 1 is 0.818 bits per heavy atom. The Labute approximate surface area is 191 Å². The molecule has 0 bridgehead atoms. The van der Waals surface area contributed by atoms with Crippen LogP contribution in [0.5, 0.6) is 11.5 Å². The number of anilines is 1. The van der Waals surface area contributed by atoms with Gasteiger partial charge < -0.3 is 29.2 Å². The van der Waals surface area contributed by atoms with Gasteiger partial charge in [0.2, 0.25) is 0 Å². The van der Waals surface area contributed by atoms with Crippen LogP contribution in [0.2, 0.25) is 0 Å². The molecule has 2 aliphatic rings. The molecular formula is C24H27N3O6. The highest BCUT2D eigenvalue weighted by Crippen LogP contribution is 2.39. The zero-order valence-corrected chi connectivity index (χ0v) is 18.2. The Hall–Kier alpha value is -3.72. The minimum Gasteiger partial charge on any atom is -0.486 e. The predicted molar refractivity (Wildman–Crippen MR) is 123 cm³/mol. The Morgan fingerprint density at radius 3 is 2.30 bits per heavy atom. The van der Waals surface area contributed by atoms with E-state index in [1.165, 1.54) is 16.6 Å². The number of benzene rings is 2. The van der Waals surface area contributed by atoms with Crippen LogP contribution >= 0.6 is 0 Å². The van der Waals surface area contributed by atoms with Gasteiger partial charge >= 0.3 is 11.9 Å². The molecule has 0 saturated carbocycles. The van der Waals surface area contributed by atoms with Crippen LogP contribution < -0.4 is 14.4 Å². The van der Waals surface area contributed by atoms with E-state index < -0.39 is 11.9 Å². The summed E-state index contributed by atoms with van der Waals surface area (Å²) in [4.78, 5) is 23.2. The first-order valence-electron chi connectivity index (χ1n) is 10.9. The summed E-state index contributed by atoms with van der Waals surface area (Å²) < 4.78 is 14.0. The second-order valence-corrected chi connectivity index (χ2v) is 7.81. The predicted octanol–water partition coefficient (Wildman–Crippen LogP) is 2.39. The first-order chi connectivity index (χ1) is 16.0. The number of hydrogen-bond donors (Lipinski definition) is 2. The van der Waals surface area contributed by atoms with Crippen molar-refractivity contribution in [1.82, 2.24) is 9.47 Å². The van der Waals surface area contributed by atoms with E-state index in [0.717, 1.165) is 50.8 Å². The normalized spacial score (nSPS) is 15.6. The Balaban J connectivity index is 0.000000385. The van der Waals surface area contributed by atoms with Crippen LogP contribution in [-0.2, 0) is 16.1 Å². The van der Waals surface area contributed by atoms with Gasteiger partial charge in [-0.25, -0.2) is 9.59 Å². The number of hydrogen-bond acceptors (Lipinski definition) is 6. The Kier molecular flexibility index (Phi) is 6.99. The number of piperazine rings is 1. The molecule has 3 aromatic rings. The number of ether oxygens (including phenoxy) is 2. The van der Waals surface area contributed by atoms with Gasteiger partial charge in [0.15, 0.2) is 11.5 Å². The number of carbonyl (C=O) groups is 2. The van der Waals surface area contributed by atoms with Crippen LogP contribution in [-0.4, -0.2) is 77.6 Å². The fraction of sp³-hybridized carbons (Fsp3) is 0.333. The van der Waals surface area contributed by atoms with Crippen molar-refractivity contribution in [2.75, 3.05) is 50.8 Å². The molecule has 0 unspecified atom stereocenters. The van der Waals surface area contributed by atoms with E-state index in [1.807, 2.05) is 6.07 Å². The number of aromatic nitrogens is 1. The summed E-state index contributed by atoms with van der Waals surface area (Å²) in [6.45, 7) is 7.57. The number of aliphatic carboxylic acids is 2. The average Bonchev–Trinajstić information content (AvgIpc) is 3.26. The van der Waals surface area contributed by atoms with Crippen LogP contribution in [0, 0.1) is 0 Å². The van der Waals surface area contributed by atoms with Gasteiger partial charge in [-0.05, 0) is 29.7 Å². The molecule has 1 saturated heterocycles. The summed E-state index contributed by atoms with van der Waals surface area (Å²) in [5.41, 5.74) is 2.49. The number of rotatable bonds is 4. The van der Waals surface area contributed by atoms with Crippen molar-refractivity contribution in [3.8, 4) is 11.5 Å². The summed E-state index contributed by atoms with van der Waals surface area (Å²) >= 11 is 0. The molecule has 1 fully saturated rings. The van der Waals surface area contributed by atoms with Crippen molar-refractivity contribution in [2.45, 2.75) is 6.54 Å². The smallest absolute Gasteiger partial charge is 0.414 e. The highest BCUT2D eigenvalue weighted by Gasteiger charge is 2.23. The van der Waals surface area contributed by atoms with Crippen molar-refractivity contribution in [2.24, 2.45) is 0 Å². The maximum absolute atomic E-state index is 9.10. The second kappa shape index (κ2) is 10.3. The standard InChI is InChI=1S/C22H25N3O2.C2H2O4/c1-2-5-19-18(4-1)8-9-24(19)13-10-23-11-14-25(15-12-23)20-6-3-7-21-22(20)27-17-16-26-21;3-1(4)2(5)6/h1-9H,10-17H2;(H,3,4)(H,5,6). The van der Waals surface area contributed by atoms with Gasteiger partial charge in [-0.2, -0.15) is 0 Å². The molecule has 0 amide bonds. The van der Waals surface area contributed by atoms with E-state index in [1.54, 1.807) is 0 Å². The van der Waals surface area contributed by atoms with Crippen LogP contribution in [0.15, 0.2) is 54.7 Å². The number of para-hydroxylation sites is 2. The molecule has 2 N–H and O–H groups in total. The SMILES string of the molecule is O=C(O)C(=O)O.c1cc2c(c(N3CCN(CCn4ccc5ccccc54)CC3)c1)OCCO2. The molecule has 9 heteroatoms. The zero-order chi connectivity index (χ0) is 23.2. The average molecular weight is 453 g/mol. The second-order valence-electron chi connectivity index (χ2n) is 7.81. The number of nitrogens with zero attached hydrogens (tertiary/aromatic N) is 3. The first kappa shape index (κ1) is 22.5. The van der Waals surface area contributed by atoms with E-state index >= 15 is 0 Å². The minimum atomic E-state index is -1.82. The van der Waals surface area contributed by atoms with E-state index in [0.29, 0.717) is 13.2 Å². The molecule has 2 aromatic carbocycles. The van der Waals surface area contributed by atoms with Gasteiger partial charge in [0.1, 0.15) is 13.2 Å². The molecule has 0 radical (unpaired) electrons. The topological polar surface area (TPSA) is 104 Å². The third kappa shape index (κ3) is 5.38. The maximum atomic E-state index is 9.10. The molecule has 0 aliphatic carbocycles. The van der Waals surface area contributed by atoms with E-state index in [4.69, 9.17) is 29.3 Å². The maximum Gasteiger partial charge on any atom is 0.414 e. The first-order valence-corrected chi connectivity index (χ1v) is 10.9. The van der Waals surface area contributed by atoms with E-state index in [-0.39, 0.29) is 0 Å². The summed E-state index contributed by atoms with van der Waals surface area (Å²) in [6, 6.07) is 17.0. The minimum absolute atomic E-state index is 0.634. The molecule has 3 heterocycles. The Bertz CT molecular complexity index is 1110.